The molecule has 0 aliphatic carbocycles. The van der Waals surface area contributed by atoms with E-state index in [1.807, 2.05) is 6.26 Å². The van der Waals surface area contributed by atoms with Gasteiger partial charge in [-0.05, 0) is 72.1 Å². The molecule has 0 amide bonds. The summed E-state index contributed by atoms with van der Waals surface area (Å²) in [5, 5.41) is 7.16. The number of fused-ring (bicyclic) bond motifs is 2. The maximum absolute atomic E-state index is 5.80. The third kappa shape index (κ3) is 2.99. The van der Waals surface area contributed by atoms with Gasteiger partial charge >= 0.3 is 0 Å². The van der Waals surface area contributed by atoms with Gasteiger partial charge in [0.05, 0.1) is 10.7 Å². The highest BCUT2D eigenvalue weighted by atomic mass is 79.9. The molecule has 0 aliphatic rings. The first kappa shape index (κ1) is 14.6. The van der Waals surface area contributed by atoms with Crippen LogP contribution in [0, 0.1) is 0 Å². The molecular formula is C18H20BrNO. The van der Waals surface area contributed by atoms with Crippen LogP contribution in [-0.4, -0.2) is 12.1 Å². The molecule has 2 aromatic carbocycles. The number of hydrogen-bond acceptors (Lipinski definition) is 2. The molecule has 0 fully saturated rings. The van der Waals surface area contributed by atoms with Crippen molar-refractivity contribution in [3.8, 4) is 0 Å². The summed E-state index contributed by atoms with van der Waals surface area (Å²) >= 11 is 3.69. The second kappa shape index (κ2) is 5.47. The average Bonchev–Trinajstić information content (AvgIpc) is 2.81. The van der Waals surface area contributed by atoms with Crippen LogP contribution < -0.4 is 5.32 Å². The molecule has 110 valence electrons. The molecule has 0 radical (unpaired) electrons. The number of rotatable bonds is 3. The molecule has 21 heavy (non-hydrogen) atoms. The highest BCUT2D eigenvalue weighted by Gasteiger charge is 2.13. The second-order valence-corrected chi connectivity index (χ2v) is 7.27. The second-order valence-electron chi connectivity index (χ2n) is 6.48. The van der Waals surface area contributed by atoms with Crippen LogP contribution in [0.2, 0.25) is 0 Å². The number of halogens is 1. The minimum Gasteiger partial charge on any atom is -0.463 e. The summed E-state index contributed by atoms with van der Waals surface area (Å²) in [5.74, 6) is 0. The standard InChI is InChI=1S/C18H20BrNO/c1-18(2,3)20-9-8-13-11-21-17-15(13)10-12-6-4-5-7-14(12)16(17)19/h4-7,10-11,20H,8-9H2,1-3H3. The largest absolute Gasteiger partial charge is 0.463 e. The van der Waals surface area contributed by atoms with Gasteiger partial charge in [-0.25, -0.2) is 0 Å². The molecule has 0 atom stereocenters. The van der Waals surface area contributed by atoms with Gasteiger partial charge in [0.2, 0.25) is 0 Å². The van der Waals surface area contributed by atoms with E-state index < -0.39 is 0 Å². The van der Waals surface area contributed by atoms with E-state index >= 15 is 0 Å². The van der Waals surface area contributed by atoms with E-state index in [0.717, 1.165) is 23.0 Å². The van der Waals surface area contributed by atoms with Crippen molar-refractivity contribution in [2.24, 2.45) is 0 Å². The third-order valence-electron chi connectivity index (χ3n) is 3.66. The molecule has 3 rings (SSSR count). The van der Waals surface area contributed by atoms with Gasteiger partial charge in [0, 0.05) is 10.9 Å². The van der Waals surface area contributed by atoms with E-state index in [2.05, 4.69) is 72.3 Å². The van der Waals surface area contributed by atoms with Crippen LogP contribution in [-0.2, 0) is 6.42 Å². The van der Waals surface area contributed by atoms with Crippen LogP contribution in [0.5, 0.6) is 0 Å². The first-order valence-electron chi connectivity index (χ1n) is 7.28. The molecular weight excluding hydrogens is 326 g/mol. The molecule has 0 saturated heterocycles. The van der Waals surface area contributed by atoms with E-state index in [1.54, 1.807) is 0 Å². The topological polar surface area (TPSA) is 25.2 Å². The van der Waals surface area contributed by atoms with Gasteiger partial charge < -0.3 is 9.73 Å². The van der Waals surface area contributed by atoms with Crippen molar-refractivity contribution in [2.75, 3.05) is 6.54 Å². The summed E-state index contributed by atoms with van der Waals surface area (Å²) in [6, 6.07) is 10.6. The summed E-state index contributed by atoms with van der Waals surface area (Å²) < 4.78 is 6.84. The summed E-state index contributed by atoms with van der Waals surface area (Å²) in [7, 11) is 0. The molecule has 1 aromatic heterocycles. The Morgan fingerprint density at radius 2 is 1.90 bits per heavy atom. The molecule has 0 saturated carbocycles. The van der Waals surface area contributed by atoms with E-state index in [1.165, 1.54) is 21.7 Å². The van der Waals surface area contributed by atoms with Crippen LogP contribution in [0.4, 0.5) is 0 Å². The predicted octanol–water partition coefficient (Wildman–Crippen LogP) is 5.28. The van der Waals surface area contributed by atoms with Crippen molar-refractivity contribution in [1.29, 1.82) is 0 Å². The van der Waals surface area contributed by atoms with Gasteiger partial charge in [0.1, 0.15) is 5.58 Å². The molecule has 0 aliphatic heterocycles. The Bertz CT molecular complexity index is 783. The van der Waals surface area contributed by atoms with Crippen LogP contribution in [0.15, 0.2) is 45.5 Å². The molecule has 0 bridgehead atoms. The fourth-order valence-corrected chi connectivity index (χ4v) is 3.27. The van der Waals surface area contributed by atoms with E-state index in [-0.39, 0.29) is 5.54 Å². The van der Waals surface area contributed by atoms with Gasteiger partial charge in [-0.1, -0.05) is 24.3 Å². The lowest BCUT2D eigenvalue weighted by Crippen LogP contribution is -2.37. The number of benzene rings is 2. The van der Waals surface area contributed by atoms with Crippen molar-refractivity contribution >= 4 is 37.7 Å². The number of furan rings is 1. The highest BCUT2D eigenvalue weighted by molar-refractivity contribution is 9.10. The SMILES string of the molecule is CC(C)(C)NCCc1coc2c(Br)c3ccccc3cc12. The molecule has 3 aromatic rings. The number of nitrogens with one attached hydrogen (secondary N) is 1. The summed E-state index contributed by atoms with van der Waals surface area (Å²) in [6.07, 6.45) is 2.85. The zero-order valence-electron chi connectivity index (χ0n) is 12.7. The number of hydrogen-bond donors (Lipinski definition) is 1. The lowest BCUT2D eigenvalue weighted by atomic mass is 10.0. The Hall–Kier alpha value is -1.32. The third-order valence-corrected chi connectivity index (χ3v) is 4.44. The summed E-state index contributed by atoms with van der Waals surface area (Å²) in [6.45, 7) is 7.50. The fraction of sp³-hybridized carbons (Fsp3) is 0.333. The Balaban J connectivity index is 1.98. The van der Waals surface area contributed by atoms with Crippen molar-refractivity contribution in [3.63, 3.8) is 0 Å². The Morgan fingerprint density at radius 3 is 2.67 bits per heavy atom. The molecule has 2 nitrogen and oxygen atoms in total. The molecule has 0 spiro atoms. The molecule has 3 heteroatoms. The Morgan fingerprint density at radius 1 is 1.14 bits per heavy atom. The van der Waals surface area contributed by atoms with Gasteiger partial charge in [-0.2, -0.15) is 0 Å². The van der Waals surface area contributed by atoms with Crippen molar-refractivity contribution < 1.29 is 4.42 Å². The van der Waals surface area contributed by atoms with Crippen molar-refractivity contribution in [3.05, 3.63) is 46.6 Å². The zero-order chi connectivity index (χ0) is 15.0. The van der Waals surface area contributed by atoms with E-state index in [0.29, 0.717) is 0 Å². The quantitative estimate of drug-likeness (QED) is 0.698. The normalized spacial score (nSPS) is 12.4. The van der Waals surface area contributed by atoms with Gasteiger partial charge in [0.15, 0.2) is 0 Å². The summed E-state index contributed by atoms with van der Waals surface area (Å²) in [4.78, 5) is 0. The first-order valence-corrected chi connectivity index (χ1v) is 8.07. The lowest BCUT2D eigenvalue weighted by Gasteiger charge is -2.20. The fourth-order valence-electron chi connectivity index (χ4n) is 2.60. The monoisotopic (exact) mass is 345 g/mol. The Kier molecular flexibility index (Phi) is 3.80. The maximum atomic E-state index is 5.80. The van der Waals surface area contributed by atoms with Crippen LogP contribution >= 0.6 is 15.9 Å². The van der Waals surface area contributed by atoms with Gasteiger partial charge in [-0.3, -0.25) is 0 Å². The minimum absolute atomic E-state index is 0.146. The van der Waals surface area contributed by atoms with Crippen LogP contribution in [0.3, 0.4) is 0 Å². The van der Waals surface area contributed by atoms with Crippen LogP contribution in [0.25, 0.3) is 21.7 Å². The van der Waals surface area contributed by atoms with E-state index in [4.69, 9.17) is 4.42 Å². The summed E-state index contributed by atoms with van der Waals surface area (Å²) in [5.41, 5.74) is 2.35. The molecule has 1 heterocycles. The lowest BCUT2D eigenvalue weighted by molar-refractivity contribution is 0.429. The minimum atomic E-state index is 0.146. The van der Waals surface area contributed by atoms with Gasteiger partial charge in [-0.15, -0.1) is 0 Å². The highest BCUT2D eigenvalue weighted by Crippen LogP contribution is 2.35. The average molecular weight is 346 g/mol. The van der Waals surface area contributed by atoms with E-state index in [9.17, 15) is 0 Å². The first-order chi connectivity index (χ1) is 9.96. The van der Waals surface area contributed by atoms with Crippen molar-refractivity contribution in [2.45, 2.75) is 32.7 Å². The smallest absolute Gasteiger partial charge is 0.148 e. The molecule has 0 unspecified atom stereocenters. The predicted molar refractivity (Wildman–Crippen MR) is 92.9 cm³/mol. The zero-order valence-corrected chi connectivity index (χ0v) is 14.3. The van der Waals surface area contributed by atoms with Gasteiger partial charge in [0.25, 0.3) is 0 Å². The Labute approximate surface area is 133 Å². The van der Waals surface area contributed by atoms with Crippen LogP contribution in [0.1, 0.15) is 26.3 Å². The molecule has 1 N–H and O–H groups in total. The van der Waals surface area contributed by atoms with Crippen molar-refractivity contribution in [1.82, 2.24) is 5.32 Å². The maximum Gasteiger partial charge on any atom is 0.148 e.